The summed E-state index contributed by atoms with van der Waals surface area (Å²) in [5.41, 5.74) is 1.41. The number of hydrogen-bond donors (Lipinski definition) is 2. The van der Waals surface area contributed by atoms with Crippen LogP contribution < -0.4 is 19.7 Å². The Hall–Kier alpha value is -2.72. The second-order valence-electron chi connectivity index (χ2n) is 6.70. The van der Waals surface area contributed by atoms with Crippen LogP contribution in [0.5, 0.6) is 5.75 Å². The second kappa shape index (κ2) is 7.36. The van der Waals surface area contributed by atoms with E-state index < -0.39 is 12.1 Å². The number of imide groups is 1. The van der Waals surface area contributed by atoms with Crippen molar-refractivity contribution in [3.8, 4) is 5.75 Å². The van der Waals surface area contributed by atoms with E-state index in [1.165, 1.54) is 7.05 Å². The zero-order valence-electron chi connectivity index (χ0n) is 15.6. The lowest BCUT2D eigenvalue weighted by molar-refractivity contribution is -0.128. The van der Waals surface area contributed by atoms with Gasteiger partial charge in [-0.2, -0.15) is 0 Å². The highest BCUT2D eigenvalue weighted by molar-refractivity contribution is 8.02. The molecular weight excluding hydrogens is 382 g/mol. The standard InChI is InChI=1S/C18H21N5O4S/c1-21-16(24)14-13(19-18(21)26)15(28-20-14)17(25)23-8-6-22(7-9-23)11-4-3-5-12(10-11)27-2/h3-5,10,14,20H,6-9H2,1-2H3,(H,19,26). The molecule has 3 heterocycles. The number of amides is 4. The molecule has 0 bridgehead atoms. The first kappa shape index (κ1) is 18.6. The van der Waals surface area contributed by atoms with E-state index in [2.05, 4.69) is 14.9 Å². The fourth-order valence-electron chi connectivity index (χ4n) is 3.44. The van der Waals surface area contributed by atoms with Crippen LogP contribution in [0.2, 0.25) is 0 Å². The highest BCUT2D eigenvalue weighted by Crippen LogP contribution is 2.32. The van der Waals surface area contributed by atoms with Crippen LogP contribution in [-0.4, -0.2) is 74.0 Å². The molecule has 2 N–H and O–H groups in total. The molecular formula is C18H21N5O4S. The van der Waals surface area contributed by atoms with Gasteiger partial charge in [-0.3, -0.25) is 14.5 Å². The number of piperazine rings is 1. The SMILES string of the molecule is COc1cccc(N2CCN(C(=O)C3=C4NC(=O)N(C)C(=O)C4NS3)CC2)c1. The summed E-state index contributed by atoms with van der Waals surface area (Å²) < 4.78 is 8.22. The minimum absolute atomic E-state index is 0.169. The molecule has 1 aromatic carbocycles. The van der Waals surface area contributed by atoms with Gasteiger partial charge >= 0.3 is 6.03 Å². The third kappa shape index (κ3) is 3.18. The lowest BCUT2D eigenvalue weighted by Gasteiger charge is -2.36. The van der Waals surface area contributed by atoms with E-state index in [4.69, 9.17) is 4.74 Å². The average molecular weight is 403 g/mol. The number of methoxy groups -OCH3 is 1. The summed E-state index contributed by atoms with van der Waals surface area (Å²) >= 11 is 1.11. The van der Waals surface area contributed by atoms with Crippen LogP contribution in [0, 0.1) is 0 Å². The maximum Gasteiger partial charge on any atom is 0.328 e. The maximum absolute atomic E-state index is 13.0. The van der Waals surface area contributed by atoms with Crippen LogP contribution in [0.1, 0.15) is 0 Å². The topological polar surface area (TPSA) is 94.2 Å². The highest BCUT2D eigenvalue weighted by atomic mass is 32.2. The quantitative estimate of drug-likeness (QED) is 0.704. The van der Waals surface area contributed by atoms with Crippen LogP contribution in [0.3, 0.4) is 0 Å². The van der Waals surface area contributed by atoms with E-state index in [0.29, 0.717) is 36.8 Å². The number of likely N-dealkylation sites (N-methyl/N-ethyl adjacent to an activating group) is 1. The molecule has 2 fully saturated rings. The molecule has 3 aliphatic rings. The zero-order chi connectivity index (χ0) is 19.8. The van der Waals surface area contributed by atoms with Crippen molar-refractivity contribution in [2.45, 2.75) is 6.04 Å². The maximum atomic E-state index is 13.0. The lowest BCUT2D eigenvalue weighted by Crippen LogP contribution is -2.56. The minimum Gasteiger partial charge on any atom is -0.497 e. The Morgan fingerprint density at radius 2 is 1.96 bits per heavy atom. The number of urea groups is 1. The molecule has 2 saturated heterocycles. The van der Waals surface area contributed by atoms with Gasteiger partial charge in [0.15, 0.2) is 0 Å². The molecule has 3 aliphatic heterocycles. The summed E-state index contributed by atoms with van der Waals surface area (Å²) in [5, 5.41) is 2.67. The fraction of sp³-hybridized carbons (Fsp3) is 0.389. The molecule has 1 aromatic rings. The van der Waals surface area contributed by atoms with E-state index >= 15 is 0 Å². The minimum atomic E-state index is -0.690. The van der Waals surface area contributed by atoms with Crippen molar-refractivity contribution in [1.82, 2.24) is 19.8 Å². The van der Waals surface area contributed by atoms with Gasteiger partial charge in [-0.15, -0.1) is 0 Å². The Labute approximate surface area is 166 Å². The smallest absolute Gasteiger partial charge is 0.328 e. The number of hydrogen-bond acceptors (Lipinski definition) is 7. The van der Waals surface area contributed by atoms with Crippen LogP contribution >= 0.6 is 11.9 Å². The summed E-state index contributed by atoms with van der Waals surface area (Å²) in [6.07, 6.45) is 0. The van der Waals surface area contributed by atoms with Crippen molar-refractivity contribution < 1.29 is 19.1 Å². The van der Waals surface area contributed by atoms with E-state index in [1.54, 1.807) is 12.0 Å². The molecule has 1 unspecified atom stereocenters. The molecule has 9 nitrogen and oxygen atoms in total. The average Bonchev–Trinajstić information content (AvgIpc) is 3.15. The molecule has 0 radical (unpaired) electrons. The molecule has 4 amide bonds. The van der Waals surface area contributed by atoms with Gasteiger partial charge in [0.25, 0.3) is 11.8 Å². The number of benzene rings is 1. The van der Waals surface area contributed by atoms with Crippen molar-refractivity contribution in [3.05, 3.63) is 34.9 Å². The van der Waals surface area contributed by atoms with Crippen LogP contribution in [0.4, 0.5) is 10.5 Å². The third-order valence-electron chi connectivity index (χ3n) is 5.12. The molecule has 0 saturated carbocycles. The van der Waals surface area contributed by atoms with Gasteiger partial charge in [0.1, 0.15) is 16.7 Å². The summed E-state index contributed by atoms with van der Waals surface area (Å²) in [4.78, 5) is 42.5. The first-order chi connectivity index (χ1) is 13.5. The first-order valence-electron chi connectivity index (χ1n) is 8.93. The number of nitrogens with zero attached hydrogens (tertiary/aromatic N) is 3. The van der Waals surface area contributed by atoms with Crippen molar-refractivity contribution >= 4 is 35.5 Å². The van der Waals surface area contributed by atoms with E-state index in [-0.39, 0.29) is 11.8 Å². The predicted molar refractivity (Wildman–Crippen MR) is 105 cm³/mol. The summed E-state index contributed by atoms with van der Waals surface area (Å²) in [5.74, 6) is 0.264. The Balaban J connectivity index is 1.45. The van der Waals surface area contributed by atoms with E-state index in [1.807, 2.05) is 24.3 Å². The van der Waals surface area contributed by atoms with Crippen LogP contribution in [-0.2, 0) is 9.59 Å². The number of fused-ring (bicyclic) bond motifs is 1. The number of rotatable bonds is 3. The summed E-state index contributed by atoms with van der Waals surface area (Å²) in [6.45, 7) is 2.49. The van der Waals surface area contributed by atoms with Gasteiger partial charge in [-0.25, -0.2) is 9.52 Å². The normalized spacial score (nSPS) is 22.4. The fourth-order valence-corrected chi connectivity index (χ4v) is 4.39. The molecule has 0 aromatic heterocycles. The molecule has 0 aliphatic carbocycles. The monoisotopic (exact) mass is 403 g/mol. The van der Waals surface area contributed by atoms with Crippen molar-refractivity contribution in [1.29, 1.82) is 0 Å². The predicted octanol–water partition coefficient (Wildman–Crippen LogP) is 0.357. The number of carbonyl (C=O) groups excluding carboxylic acids is 3. The van der Waals surface area contributed by atoms with Gasteiger partial charge in [0.05, 0.1) is 12.8 Å². The molecule has 148 valence electrons. The van der Waals surface area contributed by atoms with Crippen molar-refractivity contribution in [2.24, 2.45) is 0 Å². The number of carbonyl (C=O) groups is 3. The Kier molecular flexibility index (Phi) is 4.90. The van der Waals surface area contributed by atoms with Gasteiger partial charge in [0, 0.05) is 45.0 Å². The Morgan fingerprint density at radius 3 is 2.68 bits per heavy atom. The van der Waals surface area contributed by atoms with E-state index in [9.17, 15) is 14.4 Å². The molecule has 1 atom stereocenters. The number of anilines is 1. The Morgan fingerprint density at radius 1 is 1.21 bits per heavy atom. The molecule has 0 spiro atoms. The van der Waals surface area contributed by atoms with Crippen LogP contribution in [0.25, 0.3) is 0 Å². The first-order valence-corrected chi connectivity index (χ1v) is 9.74. The summed E-state index contributed by atoms with van der Waals surface area (Å²) in [6, 6.07) is 6.63. The Bertz CT molecular complexity index is 865. The van der Waals surface area contributed by atoms with Gasteiger partial charge in [-0.05, 0) is 24.1 Å². The highest BCUT2D eigenvalue weighted by Gasteiger charge is 2.43. The lowest BCUT2D eigenvalue weighted by atomic mass is 10.1. The van der Waals surface area contributed by atoms with Gasteiger partial charge in [-0.1, -0.05) is 6.07 Å². The third-order valence-corrected chi connectivity index (χ3v) is 6.07. The second-order valence-corrected chi connectivity index (χ2v) is 7.55. The van der Waals surface area contributed by atoms with Gasteiger partial charge < -0.3 is 19.9 Å². The molecule has 10 heteroatoms. The zero-order valence-corrected chi connectivity index (χ0v) is 16.4. The van der Waals surface area contributed by atoms with Gasteiger partial charge in [0.2, 0.25) is 0 Å². The van der Waals surface area contributed by atoms with Crippen molar-refractivity contribution in [2.75, 3.05) is 45.2 Å². The molecule has 28 heavy (non-hydrogen) atoms. The summed E-state index contributed by atoms with van der Waals surface area (Å²) in [7, 11) is 3.05. The van der Waals surface area contributed by atoms with Crippen molar-refractivity contribution in [3.63, 3.8) is 0 Å². The largest absolute Gasteiger partial charge is 0.497 e. The van der Waals surface area contributed by atoms with E-state index in [0.717, 1.165) is 28.3 Å². The number of ether oxygens (including phenoxy) is 1. The number of nitrogens with one attached hydrogen (secondary N) is 2. The van der Waals surface area contributed by atoms with Crippen LogP contribution in [0.15, 0.2) is 34.9 Å². The molecule has 4 rings (SSSR count).